The number of hydrogen-bond acceptors (Lipinski definition) is 1. The highest BCUT2D eigenvalue weighted by molar-refractivity contribution is 6.18. The highest BCUT2D eigenvalue weighted by atomic mass is 35.5. The van der Waals surface area contributed by atoms with Gasteiger partial charge in [0.1, 0.15) is 0 Å². The molecule has 0 aliphatic carbocycles. The van der Waals surface area contributed by atoms with E-state index in [1.54, 1.807) is 12.1 Å². The van der Waals surface area contributed by atoms with Crippen LogP contribution in [-0.2, 0) is 0 Å². The zero-order chi connectivity index (χ0) is 13.0. The summed E-state index contributed by atoms with van der Waals surface area (Å²) in [6.07, 6.45) is 4.78. The average molecular weight is 261 g/mol. The maximum Gasteiger partial charge on any atom is 0.336 e. The van der Waals surface area contributed by atoms with Crippen molar-refractivity contribution in [2.75, 3.05) is 5.88 Å². The predicted molar refractivity (Wildman–Crippen MR) is 75.3 cm³/mol. The second-order valence-corrected chi connectivity index (χ2v) is 4.31. The zero-order valence-electron chi connectivity index (χ0n) is 9.77. The second kappa shape index (κ2) is 5.69. The number of carbonyl (C=O) groups is 1. The molecule has 2 rings (SSSR count). The monoisotopic (exact) mass is 260 g/mol. The molecule has 2 aromatic carbocycles. The van der Waals surface area contributed by atoms with Crippen LogP contribution in [0, 0.1) is 0 Å². The number of carboxylic acid groups (broad SMARTS) is 1. The van der Waals surface area contributed by atoms with Crippen molar-refractivity contribution in [3.8, 4) is 0 Å². The van der Waals surface area contributed by atoms with Crippen molar-refractivity contribution in [1.82, 2.24) is 0 Å². The molecule has 0 bridgehead atoms. The van der Waals surface area contributed by atoms with Crippen LogP contribution in [0.4, 0.5) is 0 Å². The number of alkyl halides is 1. The number of halogens is 1. The van der Waals surface area contributed by atoms with Crippen LogP contribution in [0.5, 0.6) is 0 Å². The van der Waals surface area contributed by atoms with Gasteiger partial charge in [-0.25, -0.2) is 4.79 Å². The third-order valence-electron chi connectivity index (χ3n) is 2.76. The topological polar surface area (TPSA) is 37.3 Å². The van der Waals surface area contributed by atoms with E-state index in [1.165, 1.54) is 0 Å². The summed E-state index contributed by atoms with van der Waals surface area (Å²) >= 11 is 5.62. The fourth-order valence-electron chi connectivity index (χ4n) is 1.94. The molecule has 3 heteroatoms. The molecule has 0 amide bonds. The summed E-state index contributed by atoms with van der Waals surface area (Å²) in [6, 6.07) is 11.0. The van der Waals surface area contributed by atoms with E-state index in [2.05, 4.69) is 0 Å². The predicted octanol–water partition coefficient (Wildman–Crippen LogP) is 4.18. The summed E-state index contributed by atoms with van der Waals surface area (Å²) in [5.41, 5.74) is 1.35. The number of hydrogen-bond donors (Lipinski definition) is 1. The Morgan fingerprint density at radius 3 is 2.61 bits per heavy atom. The number of rotatable bonds is 4. The van der Waals surface area contributed by atoms with E-state index in [-0.39, 0.29) is 0 Å². The second-order valence-electron chi connectivity index (χ2n) is 3.93. The number of aromatic carboxylic acids is 1. The first-order chi connectivity index (χ1) is 8.74. The Morgan fingerprint density at radius 2 is 1.89 bits per heavy atom. The Morgan fingerprint density at radius 1 is 1.17 bits per heavy atom. The molecule has 0 fully saturated rings. The van der Waals surface area contributed by atoms with Crippen molar-refractivity contribution in [2.24, 2.45) is 0 Å². The molecular formula is C15H13ClO2. The minimum absolute atomic E-state index is 0.333. The molecule has 0 atom stereocenters. The van der Waals surface area contributed by atoms with Gasteiger partial charge in [-0.05, 0) is 28.8 Å². The number of carboxylic acids is 1. The van der Waals surface area contributed by atoms with Crippen LogP contribution in [0.1, 0.15) is 22.3 Å². The molecule has 1 N–H and O–H groups in total. The van der Waals surface area contributed by atoms with Crippen molar-refractivity contribution in [2.45, 2.75) is 6.42 Å². The Bertz CT molecular complexity index is 602. The molecule has 0 saturated carbocycles. The zero-order valence-corrected chi connectivity index (χ0v) is 10.5. The molecule has 0 aliphatic rings. The molecule has 0 radical (unpaired) electrons. The molecule has 0 aliphatic heterocycles. The fraction of sp³-hybridized carbons (Fsp3) is 0.133. The van der Waals surface area contributed by atoms with Gasteiger partial charge in [0.25, 0.3) is 0 Å². The van der Waals surface area contributed by atoms with Gasteiger partial charge < -0.3 is 5.11 Å². The fourth-order valence-corrected chi connectivity index (χ4v) is 2.07. The minimum atomic E-state index is -0.900. The van der Waals surface area contributed by atoms with Crippen LogP contribution < -0.4 is 0 Å². The summed E-state index contributed by atoms with van der Waals surface area (Å²) in [7, 11) is 0. The normalized spacial score (nSPS) is 11.2. The quantitative estimate of drug-likeness (QED) is 0.838. The van der Waals surface area contributed by atoms with Crippen LogP contribution >= 0.6 is 11.6 Å². The summed E-state index contributed by atoms with van der Waals surface area (Å²) < 4.78 is 0. The maximum absolute atomic E-state index is 11.2. The lowest BCUT2D eigenvalue weighted by molar-refractivity contribution is 0.0699. The summed E-state index contributed by atoms with van der Waals surface area (Å²) in [6.45, 7) is 0. The van der Waals surface area contributed by atoms with Crippen LogP contribution in [0.15, 0.2) is 42.5 Å². The Labute approximate surface area is 111 Å². The van der Waals surface area contributed by atoms with Gasteiger partial charge in [-0.1, -0.05) is 42.5 Å². The highest BCUT2D eigenvalue weighted by Crippen LogP contribution is 2.23. The van der Waals surface area contributed by atoms with Gasteiger partial charge in [-0.2, -0.15) is 0 Å². The van der Waals surface area contributed by atoms with Crippen LogP contribution in [0.3, 0.4) is 0 Å². The third-order valence-corrected chi connectivity index (χ3v) is 2.98. The van der Waals surface area contributed by atoms with Gasteiger partial charge in [-0.3, -0.25) is 0 Å². The number of benzene rings is 2. The number of allylic oxidation sites excluding steroid dienone is 1. The average Bonchev–Trinajstić information content (AvgIpc) is 2.38. The lowest BCUT2D eigenvalue weighted by Crippen LogP contribution is -1.97. The van der Waals surface area contributed by atoms with Crippen molar-refractivity contribution in [3.05, 3.63) is 53.6 Å². The van der Waals surface area contributed by atoms with Crippen molar-refractivity contribution < 1.29 is 9.90 Å². The van der Waals surface area contributed by atoms with Gasteiger partial charge in [0.05, 0.1) is 5.56 Å². The van der Waals surface area contributed by atoms with Crippen molar-refractivity contribution in [3.63, 3.8) is 0 Å². The van der Waals surface area contributed by atoms with Gasteiger partial charge in [0, 0.05) is 5.88 Å². The SMILES string of the molecule is O=C(O)c1cccc2c(C=CCCCl)cccc12. The molecule has 18 heavy (non-hydrogen) atoms. The van der Waals surface area contributed by atoms with Crippen LogP contribution in [0.2, 0.25) is 0 Å². The molecule has 92 valence electrons. The first kappa shape index (κ1) is 12.7. The van der Waals surface area contributed by atoms with E-state index in [0.29, 0.717) is 11.4 Å². The molecular weight excluding hydrogens is 248 g/mol. The number of fused-ring (bicyclic) bond motifs is 1. The standard InChI is InChI=1S/C15H13ClO2/c16-10-2-1-5-11-6-3-8-13-12(11)7-4-9-14(13)15(17)18/h1,3-9H,2,10H2,(H,17,18). The van der Waals surface area contributed by atoms with Crippen LogP contribution in [0.25, 0.3) is 16.8 Å². The largest absolute Gasteiger partial charge is 0.478 e. The maximum atomic E-state index is 11.2. The van der Waals surface area contributed by atoms with Crippen molar-refractivity contribution >= 4 is 34.4 Å². The molecule has 0 saturated heterocycles. The van der Waals surface area contributed by atoms with Gasteiger partial charge in [-0.15, -0.1) is 11.6 Å². The molecule has 0 unspecified atom stereocenters. The van der Waals surface area contributed by atoms with E-state index in [1.807, 2.05) is 36.4 Å². The first-order valence-electron chi connectivity index (χ1n) is 5.71. The van der Waals surface area contributed by atoms with Crippen LogP contribution in [-0.4, -0.2) is 17.0 Å². The van der Waals surface area contributed by atoms with E-state index in [4.69, 9.17) is 16.7 Å². The van der Waals surface area contributed by atoms with E-state index in [0.717, 1.165) is 22.8 Å². The highest BCUT2D eigenvalue weighted by Gasteiger charge is 2.08. The van der Waals surface area contributed by atoms with E-state index in [9.17, 15) is 4.79 Å². The Hall–Kier alpha value is -1.80. The lowest BCUT2D eigenvalue weighted by atomic mass is 10.00. The summed E-state index contributed by atoms with van der Waals surface area (Å²) in [5, 5.41) is 10.9. The van der Waals surface area contributed by atoms with E-state index >= 15 is 0 Å². The van der Waals surface area contributed by atoms with Crippen molar-refractivity contribution in [1.29, 1.82) is 0 Å². The Kier molecular flexibility index (Phi) is 4.00. The Balaban J connectivity index is 2.56. The minimum Gasteiger partial charge on any atom is -0.478 e. The lowest BCUT2D eigenvalue weighted by Gasteiger charge is -2.05. The first-order valence-corrected chi connectivity index (χ1v) is 6.25. The molecule has 0 spiro atoms. The van der Waals surface area contributed by atoms with Gasteiger partial charge >= 0.3 is 5.97 Å². The van der Waals surface area contributed by atoms with E-state index < -0.39 is 5.97 Å². The molecule has 2 aromatic rings. The summed E-state index contributed by atoms with van der Waals surface area (Å²) in [4.78, 5) is 11.2. The molecule has 0 heterocycles. The molecule has 2 nitrogen and oxygen atoms in total. The van der Waals surface area contributed by atoms with Gasteiger partial charge in [0.2, 0.25) is 0 Å². The summed E-state index contributed by atoms with van der Waals surface area (Å²) in [5.74, 6) is -0.316. The smallest absolute Gasteiger partial charge is 0.336 e. The molecule has 0 aromatic heterocycles. The third kappa shape index (κ3) is 2.54. The van der Waals surface area contributed by atoms with Gasteiger partial charge in [0.15, 0.2) is 0 Å².